The van der Waals surface area contributed by atoms with E-state index in [0.717, 1.165) is 10.9 Å². The average Bonchev–Trinajstić information content (AvgIpc) is 3.23. The van der Waals surface area contributed by atoms with E-state index < -0.39 is 5.91 Å². The van der Waals surface area contributed by atoms with Crippen LogP contribution < -0.4 is 10.1 Å². The summed E-state index contributed by atoms with van der Waals surface area (Å²) in [6.45, 7) is -0.252. The zero-order valence-electron chi connectivity index (χ0n) is 16.4. The molecule has 2 aromatic heterocycles. The van der Waals surface area contributed by atoms with Crippen LogP contribution in [0.4, 0.5) is 4.39 Å². The number of ether oxygens (including phenoxy) is 1. The number of halogens is 1. The van der Waals surface area contributed by atoms with Crippen molar-refractivity contribution in [3.05, 3.63) is 77.1 Å². The van der Waals surface area contributed by atoms with Crippen LogP contribution in [-0.4, -0.2) is 35.4 Å². The van der Waals surface area contributed by atoms with E-state index in [2.05, 4.69) is 10.3 Å². The van der Waals surface area contributed by atoms with Crippen molar-refractivity contribution in [2.75, 3.05) is 13.7 Å². The minimum Gasteiger partial charge on any atom is -0.504 e. The molecular weight excluding hydrogens is 419 g/mol. The van der Waals surface area contributed by atoms with E-state index in [-0.39, 0.29) is 40.9 Å². The van der Waals surface area contributed by atoms with Gasteiger partial charge in [-0.1, -0.05) is 18.2 Å². The molecule has 0 atom stereocenters. The number of thiophene rings is 1. The third kappa shape index (κ3) is 4.10. The standard InChI is InChI=1S/C23H17FN2O4S/c1-30-21-10-13(8-9-19(21)27)23(29)25-11-20(28)18-7-3-6-17(26-18)15-12-31-22-14(15)4-2-5-16(22)24/h2-10,12,27H,11H2,1H3,(H,25,29). The van der Waals surface area contributed by atoms with Crippen LogP contribution in [-0.2, 0) is 0 Å². The van der Waals surface area contributed by atoms with E-state index in [1.54, 1.807) is 24.3 Å². The molecule has 0 spiro atoms. The van der Waals surface area contributed by atoms with Gasteiger partial charge in [0.25, 0.3) is 5.91 Å². The molecule has 0 unspecified atom stereocenters. The van der Waals surface area contributed by atoms with Crippen LogP contribution in [0.2, 0.25) is 0 Å². The molecular formula is C23H17FN2O4S. The molecule has 0 aliphatic carbocycles. The van der Waals surface area contributed by atoms with Gasteiger partial charge in [0.2, 0.25) is 0 Å². The van der Waals surface area contributed by atoms with Crippen LogP contribution in [0.1, 0.15) is 20.8 Å². The second-order valence-electron chi connectivity index (χ2n) is 6.67. The average molecular weight is 436 g/mol. The zero-order chi connectivity index (χ0) is 22.0. The summed E-state index contributed by atoms with van der Waals surface area (Å²) in [7, 11) is 1.38. The van der Waals surface area contributed by atoms with Gasteiger partial charge in [0, 0.05) is 21.9 Å². The molecule has 8 heteroatoms. The van der Waals surface area contributed by atoms with Crippen molar-refractivity contribution in [1.29, 1.82) is 0 Å². The summed E-state index contributed by atoms with van der Waals surface area (Å²) < 4.78 is 19.5. The van der Waals surface area contributed by atoms with Gasteiger partial charge < -0.3 is 15.2 Å². The lowest BCUT2D eigenvalue weighted by Gasteiger charge is -2.08. The Morgan fingerprint density at radius 3 is 2.77 bits per heavy atom. The summed E-state index contributed by atoms with van der Waals surface area (Å²) in [5.74, 6) is -1.08. The maximum Gasteiger partial charge on any atom is 0.251 e. The second-order valence-corrected chi connectivity index (χ2v) is 7.55. The van der Waals surface area contributed by atoms with Gasteiger partial charge >= 0.3 is 0 Å². The third-order valence-electron chi connectivity index (χ3n) is 4.71. The van der Waals surface area contributed by atoms with E-state index in [9.17, 15) is 19.1 Å². The van der Waals surface area contributed by atoms with Crippen LogP contribution in [0, 0.1) is 5.82 Å². The molecule has 1 amide bonds. The number of aromatic nitrogens is 1. The van der Waals surface area contributed by atoms with Crippen LogP contribution >= 0.6 is 11.3 Å². The molecule has 2 heterocycles. The summed E-state index contributed by atoms with van der Waals surface area (Å²) >= 11 is 1.28. The van der Waals surface area contributed by atoms with E-state index in [0.29, 0.717) is 10.4 Å². The first-order valence-electron chi connectivity index (χ1n) is 9.29. The lowest BCUT2D eigenvalue weighted by molar-refractivity contribution is 0.0902. The first kappa shape index (κ1) is 20.5. The van der Waals surface area contributed by atoms with Crippen LogP contribution in [0.3, 0.4) is 0 Å². The lowest BCUT2D eigenvalue weighted by atomic mass is 10.1. The van der Waals surface area contributed by atoms with E-state index in [1.807, 2.05) is 11.4 Å². The number of rotatable bonds is 6. The third-order valence-corrected chi connectivity index (χ3v) is 5.72. The molecule has 6 nitrogen and oxygen atoms in total. The molecule has 0 aliphatic rings. The monoisotopic (exact) mass is 436 g/mol. The normalized spacial score (nSPS) is 10.8. The number of Topliss-reactive ketones (excluding diaryl/α,β-unsaturated/α-hetero) is 1. The predicted octanol–water partition coefficient (Wildman–Crippen LogP) is 4.43. The maximum absolute atomic E-state index is 14.0. The molecule has 156 valence electrons. The fourth-order valence-corrected chi connectivity index (χ4v) is 4.10. The number of nitrogens with zero attached hydrogens (tertiary/aromatic N) is 1. The van der Waals surface area contributed by atoms with E-state index in [1.165, 1.54) is 42.7 Å². The Hall–Kier alpha value is -3.78. The number of carbonyl (C=O) groups is 2. The fraction of sp³-hybridized carbons (Fsp3) is 0.0870. The number of ketones is 1. The molecule has 0 radical (unpaired) electrons. The number of phenolic OH excluding ortho intramolecular Hbond substituents is 1. The molecule has 0 bridgehead atoms. The Kier molecular flexibility index (Phi) is 5.64. The highest BCUT2D eigenvalue weighted by molar-refractivity contribution is 7.17. The highest BCUT2D eigenvalue weighted by atomic mass is 32.1. The number of methoxy groups -OCH3 is 1. The van der Waals surface area contributed by atoms with E-state index in [4.69, 9.17) is 4.74 Å². The number of benzene rings is 2. The van der Waals surface area contributed by atoms with Gasteiger partial charge in [0.1, 0.15) is 11.5 Å². The van der Waals surface area contributed by atoms with Gasteiger partial charge in [-0.25, -0.2) is 9.37 Å². The van der Waals surface area contributed by atoms with Crippen LogP contribution in [0.5, 0.6) is 11.5 Å². The topological polar surface area (TPSA) is 88.5 Å². The van der Waals surface area contributed by atoms with Crippen molar-refractivity contribution in [2.24, 2.45) is 0 Å². The van der Waals surface area contributed by atoms with Gasteiger partial charge in [-0.05, 0) is 36.4 Å². The highest BCUT2D eigenvalue weighted by Gasteiger charge is 2.15. The van der Waals surface area contributed by atoms with Crippen LogP contribution in [0.15, 0.2) is 60.0 Å². The van der Waals surface area contributed by atoms with Gasteiger partial charge in [-0.3, -0.25) is 9.59 Å². The van der Waals surface area contributed by atoms with Crippen molar-refractivity contribution >= 4 is 33.1 Å². The molecule has 4 aromatic rings. The van der Waals surface area contributed by atoms with Gasteiger partial charge in [0.15, 0.2) is 17.3 Å². The molecule has 4 rings (SSSR count). The number of pyridine rings is 1. The number of aromatic hydroxyl groups is 1. The maximum atomic E-state index is 14.0. The molecule has 0 saturated heterocycles. The van der Waals surface area contributed by atoms with Crippen molar-refractivity contribution in [3.8, 4) is 22.8 Å². The minimum absolute atomic E-state index is 0.0861. The predicted molar refractivity (Wildman–Crippen MR) is 116 cm³/mol. The summed E-state index contributed by atoms with van der Waals surface area (Å²) in [4.78, 5) is 29.3. The quantitative estimate of drug-likeness (QED) is 0.437. The number of carbonyl (C=O) groups excluding carboxylic acids is 2. The Morgan fingerprint density at radius 2 is 1.97 bits per heavy atom. The lowest BCUT2D eigenvalue weighted by Crippen LogP contribution is -2.30. The molecule has 0 aliphatic heterocycles. The highest BCUT2D eigenvalue weighted by Crippen LogP contribution is 2.34. The number of nitrogens with one attached hydrogen (secondary N) is 1. The Bertz CT molecular complexity index is 1300. The Morgan fingerprint density at radius 1 is 1.16 bits per heavy atom. The molecule has 0 saturated carbocycles. The number of phenols is 1. The fourth-order valence-electron chi connectivity index (χ4n) is 3.13. The minimum atomic E-state index is -0.484. The summed E-state index contributed by atoms with van der Waals surface area (Å²) in [6, 6.07) is 14.0. The van der Waals surface area contributed by atoms with E-state index >= 15 is 0 Å². The first-order valence-corrected chi connectivity index (χ1v) is 10.2. The van der Waals surface area contributed by atoms with Crippen molar-refractivity contribution < 1.29 is 23.8 Å². The smallest absolute Gasteiger partial charge is 0.251 e. The van der Waals surface area contributed by atoms with Crippen molar-refractivity contribution in [3.63, 3.8) is 0 Å². The number of amides is 1. The molecule has 2 aromatic carbocycles. The molecule has 2 N–H and O–H groups in total. The molecule has 31 heavy (non-hydrogen) atoms. The SMILES string of the molecule is COc1cc(C(=O)NCC(=O)c2cccc(-c3csc4c(F)cccc34)n2)ccc1O. The summed E-state index contributed by atoms with van der Waals surface area (Å²) in [5.41, 5.74) is 1.74. The largest absolute Gasteiger partial charge is 0.504 e. The van der Waals surface area contributed by atoms with Gasteiger partial charge in [0.05, 0.1) is 24.0 Å². The Balaban J connectivity index is 1.51. The zero-order valence-corrected chi connectivity index (χ0v) is 17.2. The Labute approximate surface area is 180 Å². The van der Waals surface area contributed by atoms with Gasteiger partial charge in [-0.2, -0.15) is 0 Å². The first-order chi connectivity index (χ1) is 15.0. The van der Waals surface area contributed by atoms with Crippen LogP contribution in [0.25, 0.3) is 21.3 Å². The summed E-state index contributed by atoms with van der Waals surface area (Å²) in [5, 5.41) is 14.7. The van der Waals surface area contributed by atoms with Gasteiger partial charge in [-0.15, -0.1) is 11.3 Å². The number of hydrogen-bond acceptors (Lipinski definition) is 6. The van der Waals surface area contributed by atoms with Crippen molar-refractivity contribution in [1.82, 2.24) is 10.3 Å². The second kappa shape index (κ2) is 8.53. The number of hydrogen-bond donors (Lipinski definition) is 2. The molecule has 0 fully saturated rings. The van der Waals surface area contributed by atoms with Crippen molar-refractivity contribution in [2.45, 2.75) is 0 Å². The summed E-state index contributed by atoms with van der Waals surface area (Å²) in [6.07, 6.45) is 0. The number of fused-ring (bicyclic) bond motifs is 1.